The quantitative estimate of drug-likeness (QED) is 0.254. The lowest BCUT2D eigenvalue weighted by Gasteiger charge is -2.08. The fourth-order valence-corrected chi connectivity index (χ4v) is 1.25. The molecule has 7 nitrogen and oxygen atoms in total. The topological polar surface area (TPSA) is 95.2 Å². The molecule has 20 heavy (non-hydrogen) atoms. The molecule has 0 aliphatic rings. The van der Waals surface area contributed by atoms with E-state index >= 15 is 0 Å². The molecule has 0 saturated carbocycles. The van der Waals surface area contributed by atoms with E-state index in [0.29, 0.717) is 0 Å². The number of hydrogen-bond donors (Lipinski definition) is 6. The van der Waals surface area contributed by atoms with Crippen molar-refractivity contribution < 1.29 is 9.59 Å². The molecule has 1 aromatic rings. The van der Waals surface area contributed by atoms with Gasteiger partial charge in [0.25, 0.3) is 11.8 Å². The number of carbonyl (C=O) groups excluding carboxylic acids is 2. The number of carbonyl (C=O) groups is 2. The highest BCUT2D eigenvalue weighted by atomic mass is 32.1. The lowest BCUT2D eigenvalue weighted by molar-refractivity contribution is 0.0935. The predicted octanol–water partition coefficient (Wildman–Crippen LogP) is -0.0202. The Morgan fingerprint density at radius 2 is 1.30 bits per heavy atom. The zero-order chi connectivity index (χ0) is 15.1. The van der Waals surface area contributed by atoms with E-state index < -0.39 is 11.8 Å². The largest absolute Gasteiger partial charge is 0.288 e. The molecule has 0 aromatic carbocycles. The number of amides is 2. The first-order valence-corrected chi connectivity index (χ1v) is 6.67. The average molecular weight is 347 g/mol. The summed E-state index contributed by atoms with van der Waals surface area (Å²) in [5.74, 6) is -1.12. The zero-order valence-corrected chi connectivity index (χ0v) is 13.1. The first-order chi connectivity index (χ1) is 9.40. The first-order valence-electron chi connectivity index (χ1n) is 4.95. The van der Waals surface area contributed by atoms with Crippen molar-refractivity contribution in [1.29, 1.82) is 0 Å². The number of rotatable bonds is 2. The third kappa shape index (κ3) is 5.69. The lowest BCUT2D eigenvalue weighted by atomic mass is 10.3. The number of hydrogen-bond acceptors (Lipinski definition) is 5. The molecular formula is C9H9N5O2S4. The van der Waals surface area contributed by atoms with Crippen molar-refractivity contribution >= 4 is 70.1 Å². The molecule has 0 saturated heterocycles. The second-order valence-electron chi connectivity index (χ2n) is 3.18. The molecule has 4 N–H and O–H groups in total. The van der Waals surface area contributed by atoms with Crippen LogP contribution in [0.2, 0.25) is 0 Å². The maximum absolute atomic E-state index is 11.7. The van der Waals surface area contributed by atoms with Gasteiger partial charge in [-0.1, -0.05) is 30.5 Å². The molecule has 0 bridgehead atoms. The Balaban J connectivity index is 2.74. The predicted molar refractivity (Wildman–Crippen MR) is 88.6 cm³/mol. The maximum Gasteiger partial charge on any atom is 0.288 e. The highest BCUT2D eigenvalue weighted by Crippen LogP contribution is 1.99. The maximum atomic E-state index is 11.7. The Bertz CT molecular complexity index is 520. The van der Waals surface area contributed by atoms with Crippen LogP contribution in [0.15, 0.2) is 18.2 Å². The molecular weight excluding hydrogens is 338 g/mol. The molecule has 0 aliphatic carbocycles. The highest BCUT2D eigenvalue weighted by Gasteiger charge is 2.12. The van der Waals surface area contributed by atoms with E-state index in [0.717, 1.165) is 0 Å². The fourth-order valence-electron chi connectivity index (χ4n) is 1.04. The number of nitrogens with zero attached hydrogens (tertiary/aromatic N) is 1. The molecule has 11 heteroatoms. The molecule has 0 radical (unpaired) electrons. The van der Waals surface area contributed by atoms with Gasteiger partial charge in [-0.25, -0.2) is 4.98 Å². The smallest absolute Gasteiger partial charge is 0.283 e. The van der Waals surface area contributed by atoms with E-state index in [-0.39, 0.29) is 20.0 Å². The second kappa shape index (κ2) is 7.99. The van der Waals surface area contributed by atoms with Gasteiger partial charge in [0.2, 0.25) is 0 Å². The van der Waals surface area contributed by atoms with Gasteiger partial charge in [0.15, 0.2) is 0 Å². The van der Waals surface area contributed by atoms with Gasteiger partial charge < -0.3 is 0 Å². The summed E-state index contributed by atoms with van der Waals surface area (Å²) in [6, 6.07) is 4.38. The number of nitrogens with one attached hydrogen (secondary N) is 4. The van der Waals surface area contributed by atoms with Crippen LogP contribution in [0.1, 0.15) is 21.0 Å². The van der Waals surface area contributed by atoms with Crippen molar-refractivity contribution in [2.45, 2.75) is 0 Å². The summed E-state index contributed by atoms with van der Waals surface area (Å²) in [6.45, 7) is 0. The second-order valence-corrected chi connectivity index (χ2v) is 5.49. The molecule has 0 unspecified atom stereocenters. The SMILES string of the molecule is O=C(NNC(=S)S)c1cccc(C(=O)NNC(=S)S)n1. The van der Waals surface area contributed by atoms with Crippen molar-refractivity contribution in [2.24, 2.45) is 0 Å². The van der Waals surface area contributed by atoms with Crippen molar-refractivity contribution in [1.82, 2.24) is 26.7 Å². The van der Waals surface area contributed by atoms with E-state index in [4.69, 9.17) is 0 Å². The van der Waals surface area contributed by atoms with Crippen molar-refractivity contribution in [2.75, 3.05) is 0 Å². The third-order valence-corrected chi connectivity index (χ3v) is 2.21. The molecule has 106 valence electrons. The standard InChI is InChI=1S/C9H9N5O2S4/c15-6(11-13-8(17)18)4-2-1-3-5(10-4)7(16)12-14-9(19)20/h1-3H,(H,11,15)(H,12,16)(H2,13,17,18)(H2,14,19,20). The Morgan fingerprint density at radius 1 is 0.900 bits per heavy atom. The van der Waals surface area contributed by atoms with E-state index in [1.807, 2.05) is 0 Å². The van der Waals surface area contributed by atoms with Crippen LogP contribution in [0.25, 0.3) is 0 Å². The minimum absolute atomic E-state index is 0.0307. The molecule has 0 fully saturated rings. The fraction of sp³-hybridized carbons (Fsp3) is 0. The molecule has 1 heterocycles. The van der Waals surface area contributed by atoms with Crippen LogP contribution >= 0.6 is 49.7 Å². The molecule has 2 amide bonds. The number of aromatic nitrogens is 1. The molecule has 0 spiro atoms. The van der Waals surface area contributed by atoms with E-state index in [2.05, 4.69) is 76.4 Å². The Kier molecular flexibility index (Phi) is 6.64. The van der Waals surface area contributed by atoms with Crippen molar-refractivity contribution in [3.63, 3.8) is 0 Å². The number of hydrazine groups is 2. The van der Waals surface area contributed by atoms with E-state index in [1.165, 1.54) is 18.2 Å². The van der Waals surface area contributed by atoms with Gasteiger partial charge in [-0.2, -0.15) is 0 Å². The van der Waals surface area contributed by atoms with E-state index in [1.54, 1.807) is 0 Å². The van der Waals surface area contributed by atoms with Crippen molar-refractivity contribution in [3.8, 4) is 0 Å². The number of thiocarbonyl (C=S) groups is 2. The van der Waals surface area contributed by atoms with Gasteiger partial charge in [-0.05, 0) is 12.1 Å². The molecule has 1 aromatic heterocycles. The van der Waals surface area contributed by atoms with Gasteiger partial charge in [0, 0.05) is 0 Å². The summed E-state index contributed by atoms with van der Waals surface area (Å²) >= 11 is 16.8. The van der Waals surface area contributed by atoms with Crippen LogP contribution < -0.4 is 21.7 Å². The summed E-state index contributed by atoms with van der Waals surface area (Å²) in [7, 11) is 0. The van der Waals surface area contributed by atoms with Crippen LogP contribution in [-0.4, -0.2) is 25.4 Å². The van der Waals surface area contributed by atoms with Gasteiger partial charge in [0.1, 0.15) is 20.0 Å². The molecule has 0 atom stereocenters. The molecule has 0 aliphatic heterocycles. The molecule has 1 rings (SSSR count). The Hall–Kier alpha value is -1.43. The third-order valence-electron chi connectivity index (χ3n) is 1.78. The Morgan fingerprint density at radius 3 is 1.65 bits per heavy atom. The summed E-state index contributed by atoms with van der Waals surface area (Å²) in [4.78, 5) is 27.2. The normalized spacial score (nSPS) is 9.30. The van der Waals surface area contributed by atoms with Crippen LogP contribution in [-0.2, 0) is 0 Å². The van der Waals surface area contributed by atoms with Crippen LogP contribution in [0, 0.1) is 0 Å². The van der Waals surface area contributed by atoms with Crippen molar-refractivity contribution in [3.05, 3.63) is 29.6 Å². The zero-order valence-electron chi connectivity index (χ0n) is 9.71. The summed E-state index contributed by atoms with van der Waals surface area (Å²) in [5, 5.41) is 0. The number of thiol groups is 2. The Labute approximate surface area is 136 Å². The van der Waals surface area contributed by atoms with Gasteiger partial charge >= 0.3 is 0 Å². The minimum atomic E-state index is -0.561. The minimum Gasteiger partial charge on any atom is -0.283 e. The van der Waals surface area contributed by atoms with Crippen LogP contribution in [0.3, 0.4) is 0 Å². The summed E-state index contributed by atoms with van der Waals surface area (Å²) in [5.41, 5.74) is 9.29. The monoisotopic (exact) mass is 347 g/mol. The van der Waals surface area contributed by atoms with Gasteiger partial charge in [-0.15, -0.1) is 25.3 Å². The van der Waals surface area contributed by atoms with Crippen LogP contribution in [0.4, 0.5) is 0 Å². The van der Waals surface area contributed by atoms with Crippen LogP contribution in [0.5, 0.6) is 0 Å². The first kappa shape index (κ1) is 16.6. The lowest BCUT2D eigenvalue weighted by Crippen LogP contribution is -2.40. The summed E-state index contributed by atoms with van der Waals surface area (Å²) < 4.78 is 0.192. The van der Waals surface area contributed by atoms with Gasteiger partial charge in [0.05, 0.1) is 0 Å². The number of pyridine rings is 1. The average Bonchev–Trinajstić information content (AvgIpc) is 2.42. The van der Waals surface area contributed by atoms with Gasteiger partial charge in [-0.3, -0.25) is 31.3 Å². The van der Waals surface area contributed by atoms with E-state index in [9.17, 15) is 9.59 Å². The summed E-state index contributed by atoms with van der Waals surface area (Å²) in [6.07, 6.45) is 0. The highest BCUT2D eigenvalue weighted by molar-refractivity contribution is 8.11.